The molecule has 3 nitrogen and oxygen atoms in total. The van der Waals surface area contributed by atoms with Crippen LogP contribution in [0.4, 0.5) is 5.82 Å². The molecule has 0 atom stereocenters. The molecular weight excluding hydrogens is 218 g/mol. The van der Waals surface area contributed by atoms with Gasteiger partial charge in [0.1, 0.15) is 5.82 Å². The van der Waals surface area contributed by atoms with Crippen LogP contribution in [0.1, 0.15) is 11.3 Å². The first-order valence-corrected chi connectivity index (χ1v) is 5.98. The molecule has 0 radical (unpaired) electrons. The number of hydrogen-bond acceptors (Lipinski definition) is 4. The SMILES string of the molecule is Cc1ccc(SCc2cnc(N)cn2)cc1. The van der Waals surface area contributed by atoms with Gasteiger partial charge in [-0.05, 0) is 19.1 Å². The third-order valence-electron chi connectivity index (χ3n) is 2.13. The molecule has 0 fully saturated rings. The van der Waals surface area contributed by atoms with Gasteiger partial charge in [-0.25, -0.2) is 4.98 Å². The molecule has 2 rings (SSSR count). The summed E-state index contributed by atoms with van der Waals surface area (Å²) in [7, 11) is 0. The van der Waals surface area contributed by atoms with Crippen molar-refractivity contribution in [2.24, 2.45) is 0 Å². The number of hydrogen-bond donors (Lipinski definition) is 1. The summed E-state index contributed by atoms with van der Waals surface area (Å²) in [4.78, 5) is 9.45. The van der Waals surface area contributed by atoms with Crippen molar-refractivity contribution in [3.8, 4) is 0 Å². The maximum Gasteiger partial charge on any atom is 0.141 e. The fraction of sp³-hybridized carbons (Fsp3) is 0.167. The lowest BCUT2D eigenvalue weighted by atomic mass is 10.2. The Morgan fingerprint density at radius 2 is 1.88 bits per heavy atom. The normalized spacial score (nSPS) is 10.3. The Kier molecular flexibility index (Phi) is 3.41. The van der Waals surface area contributed by atoms with Crippen LogP contribution in [0, 0.1) is 6.92 Å². The average molecular weight is 231 g/mol. The number of nitrogens with two attached hydrogens (primary N) is 1. The van der Waals surface area contributed by atoms with Crippen LogP contribution in [0.3, 0.4) is 0 Å². The minimum atomic E-state index is 0.462. The molecule has 82 valence electrons. The number of anilines is 1. The van der Waals surface area contributed by atoms with Crippen LogP contribution in [0.5, 0.6) is 0 Å². The quantitative estimate of drug-likeness (QED) is 0.825. The van der Waals surface area contributed by atoms with Gasteiger partial charge in [-0.15, -0.1) is 11.8 Å². The minimum Gasteiger partial charge on any atom is -0.382 e. The van der Waals surface area contributed by atoms with Gasteiger partial charge >= 0.3 is 0 Å². The second-order valence-corrected chi connectivity index (χ2v) is 4.58. The second-order valence-electron chi connectivity index (χ2n) is 3.53. The summed E-state index contributed by atoms with van der Waals surface area (Å²) in [6.45, 7) is 2.08. The molecule has 2 aromatic rings. The molecule has 0 saturated carbocycles. The molecule has 1 heterocycles. The Hall–Kier alpha value is -1.55. The summed E-state index contributed by atoms with van der Waals surface area (Å²) in [5.74, 6) is 1.28. The van der Waals surface area contributed by atoms with Crippen molar-refractivity contribution >= 4 is 17.6 Å². The molecule has 0 spiro atoms. The summed E-state index contributed by atoms with van der Waals surface area (Å²) in [5.41, 5.74) is 7.69. The molecule has 16 heavy (non-hydrogen) atoms. The van der Waals surface area contributed by atoms with Crippen molar-refractivity contribution in [1.29, 1.82) is 0 Å². The number of aryl methyl sites for hydroxylation is 1. The van der Waals surface area contributed by atoms with E-state index in [1.807, 2.05) is 0 Å². The van der Waals surface area contributed by atoms with E-state index in [1.165, 1.54) is 10.5 Å². The summed E-state index contributed by atoms with van der Waals surface area (Å²) < 4.78 is 0. The summed E-state index contributed by atoms with van der Waals surface area (Å²) in [6.07, 6.45) is 3.31. The van der Waals surface area contributed by atoms with Gasteiger partial charge < -0.3 is 5.73 Å². The van der Waals surface area contributed by atoms with E-state index in [0.29, 0.717) is 5.82 Å². The van der Waals surface area contributed by atoms with Crippen LogP contribution in [0.25, 0.3) is 0 Å². The van der Waals surface area contributed by atoms with Crippen LogP contribution in [0.2, 0.25) is 0 Å². The third kappa shape index (κ3) is 2.97. The van der Waals surface area contributed by atoms with Crippen molar-refractivity contribution in [3.63, 3.8) is 0 Å². The Balaban J connectivity index is 1.97. The van der Waals surface area contributed by atoms with Crippen LogP contribution in [0.15, 0.2) is 41.6 Å². The van der Waals surface area contributed by atoms with E-state index in [-0.39, 0.29) is 0 Å². The lowest BCUT2D eigenvalue weighted by molar-refractivity contribution is 1.11. The molecule has 0 aliphatic rings. The van der Waals surface area contributed by atoms with E-state index in [1.54, 1.807) is 24.2 Å². The minimum absolute atomic E-state index is 0.462. The van der Waals surface area contributed by atoms with Gasteiger partial charge in [0.05, 0.1) is 18.1 Å². The molecule has 0 aliphatic carbocycles. The van der Waals surface area contributed by atoms with Gasteiger partial charge in [0, 0.05) is 10.6 Å². The highest BCUT2D eigenvalue weighted by molar-refractivity contribution is 7.98. The van der Waals surface area contributed by atoms with Gasteiger partial charge in [0.25, 0.3) is 0 Å². The number of nitrogens with zero attached hydrogens (tertiary/aromatic N) is 2. The van der Waals surface area contributed by atoms with E-state index in [2.05, 4.69) is 41.2 Å². The number of nitrogen functional groups attached to an aromatic ring is 1. The molecule has 0 bridgehead atoms. The molecule has 0 saturated heterocycles. The van der Waals surface area contributed by atoms with Gasteiger partial charge in [-0.2, -0.15) is 0 Å². The van der Waals surface area contributed by atoms with E-state index >= 15 is 0 Å². The zero-order valence-corrected chi connectivity index (χ0v) is 9.87. The van der Waals surface area contributed by atoms with Crippen molar-refractivity contribution in [3.05, 3.63) is 47.9 Å². The van der Waals surface area contributed by atoms with Crippen molar-refractivity contribution in [2.75, 3.05) is 5.73 Å². The van der Waals surface area contributed by atoms with Gasteiger partial charge in [0.15, 0.2) is 0 Å². The predicted octanol–water partition coefficient (Wildman–Crippen LogP) is 2.66. The highest BCUT2D eigenvalue weighted by Crippen LogP contribution is 2.21. The average Bonchev–Trinajstić information content (AvgIpc) is 2.30. The van der Waals surface area contributed by atoms with E-state index in [4.69, 9.17) is 5.73 Å². The van der Waals surface area contributed by atoms with Gasteiger partial charge in [-0.3, -0.25) is 4.98 Å². The Bertz CT molecular complexity index is 405. The molecule has 0 aliphatic heterocycles. The fourth-order valence-electron chi connectivity index (χ4n) is 1.23. The molecule has 2 N–H and O–H groups in total. The topological polar surface area (TPSA) is 51.8 Å². The highest BCUT2D eigenvalue weighted by atomic mass is 32.2. The molecular formula is C12H13N3S. The first-order chi connectivity index (χ1) is 7.74. The van der Waals surface area contributed by atoms with E-state index in [9.17, 15) is 0 Å². The maximum atomic E-state index is 5.47. The monoisotopic (exact) mass is 231 g/mol. The van der Waals surface area contributed by atoms with Crippen molar-refractivity contribution < 1.29 is 0 Å². The van der Waals surface area contributed by atoms with Gasteiger partial charge in [-0.1, -0.05) is 17.7 Å². The molecule has 1 aromatic heterocycles. The largest absolute Gasteiger partial charge is 0.382 e. The summed E-state index contributed by atoms with van der Waals surface area (Å²) >= 11 is 1.74. The van der Waals surface area contributed by atoms with Crippen LogP contribution in [-0.4, -0.2) is 9.97 Å². The molecule has 0 amide bonds. The fourth-order valence-corrected chi connectivity index (χ4v) is 2.02. The van der Waals surface area contributed by atoms with Gasteiger partial charge in [0.2, 0.25) is 0 Å². The predicted molar refractivity (Wildman–Crippen MR) is 67.2 cm³/mol. The third-order valence-corrected chi connectivity index (χ3v) is 3.18. The van der Waals surface area contributed by atoms with E-state index < -0.39 is 0 Å². The van der Waals surface area contributed by atoms with Crippen LogP contribution < -0.4 is 5.73 Å². The van der Waals surface area contributed by atoms with Crippen molar-refractivity contribution in [2.45, 2.75) is 17.6 Å². The molecule has 0 unspecified atom stereocenters. The number of aromatic nitrogens is 2. The first-order valence-electron chi connectivity index (χ1n) is 5.00. The number of rotatable bonds is 3. The Morgan fingerprint density at radius 3 is 2.50 bits per heavy atom. The standard InChI is InChI=1S/C12H13N3S/c1-9-2-4-11(5-3-9)16-8-10-6-15-12(13)7-14-10/h2-7H,8H2,1H3,(H2,13,15). The van der Waals surface area contributed by atoms with Crippen molar-refractivity contribution in [1.82, 2.24) is 9.97 Å². The highest BCUT2D eigenvalue weighted by Gasteiger charge is 1.98. The Labute approximate surface area is 99.1 Å². The second kappa shape index (κ2) is 4.99. The lowest BCUT2D eigenvalue weighted by Gasteiger charge is -2.01. The zero-order valence-electron chi connectivity index (χ0n) is 9.05. The van der Waals surface area contributed by atoms with Crippen LogP contribution in [-0.2, 0) is 5.75 Å². The first kappa shape index (κ1) is 11.0. The number of benzene rings is 1. The van der Waals surface area contributed by atoms with E-state index in [0.717, 1.165) is 11.4 Å². The zero-order chi connectivity index (χ0) is 11.4. The maximum absolute atomic E-state index is 5.47. The molecule has 1 aromatic carbocycles. The summed E-state index contributed by atoms with van der Waals surface area (Å²) in [6, 6.07) is 8.45. The smallest absolute Gasteiger partial charge is 0.141 e. The Morgan fingerprint density at radius 1 is 1.12 bits per heavy atom. The number of thioether (sulfide) groups is 1. The molecule has 4 heteroatoms. The summed E-state index contributed by atoms with van der Waals surface area (Å²) in [5, 5.41) is 0. The lowest BCUT2D eigenvalue weighted by Crippen LogP contribution is -1.94. The van der Waals surface area contributed by atoms with Crippen LogP contribution >= 0.6 is 11.8 Å².